The fourth-order valence-electron chi connectivity index (χ4n) is 7.00. The molecule has 6 rings (SSSR count). The van der Waals surface area contributed by atoms with Crippen LogP contribution in [0.25, 0.3) is 11.3 Å². The molecular formula is C35H43N5O9. The Labute approximate surface area is 284 Å². The van der Waals surface area contributed by atoms with Crippen LogP contribution < -0.4 is 15.4 Å². The van der Waals surface area contributed by atoms with Crippen LogP contribution >= 0.6 is 0 Å². The molecule has 0 radical (unpaired) electrons. The maximum atomic E-state index is 14.2. The normalized spacial score (nSPS) is 28.5. The monoisotopic (exact) mass is 677 g/mol. The molecule has 5 atom stereocenters. The van der Waals surface area contributed by atoms with Gasteiger partial charge in [0, 0.05) is 29.5 Å². The average molecular weight is 678 g/mol. The second-order valence-corrected chi connectivity index (χ2v) is 13.2. The minimum absolute atomic E-state index is 0.000583. The van der Waals surface area contributed by atoms with Crippen molar-refractivity contribution >= 4 is 30.1 Å². The number of aliphatic carboxylic acids is 1. The third-order valence-corrected chi connectivity index (χ3v) is 9.85. The van der Waals surface area contributed by atoms with E-state index in [2.05, 4.69) is 20.9 Å². The van der Waals surface area contributed by atoms with Gasteiger partial charge in [-0.3, -0.25) is 9.59 Å². The maximum absolute atomic E-state index is 14.2. The number of amides is 3. The summed E-state index contributed by atoms with van der Waals surface area (Å²) < 4.78 is 16.3. The highest BCUT2D eigenvalue weighted by Crippen LogP contribution is 2.45. The van der Waals surface area contributed by atoms with E-state index in [9.17, 15) is 24.3 Å². The number of fused-ring (bicyclic) bond motifs is 2. The Morgan fingerprint density at radius 1 is 1.12 bits per heavy atom. The molecule has 3 N–H and O–H groups in total. The predicted molar refractivity (Wildman–Crippen MR) is 176 cm³/mol. The second kappa shape index (κ2) is 15.1. The number of nitrogens with one attached hydrogen (secondary N) is 2. The first-order chi connectivity index (χ1) is 23.8. The summed E-state index contributed by atoms with van der Waals surface area (Å²) in [6, 6.07) is 5.07. The van der Waals surface area contributed by atoms with Gasteiger partial charge in [-0.2, -0.15) is 0 Å². The Kier molecular flexibility index (Phi) is 10.5. The summed E-state index contributed by atoms with van der Waals surface area (Å²) in [5, 5.41) is 23.6. The molecule has 1 saturated heterocycles. The van der Waals surface area contributed by atoms with Gasteiger partial charge in [0.1, 0.15) is 35.6 Å². The molecule has 14 nitrogen and oxygen atoms in total. The fraction of sp³-hybridized carbons (Fsp3) is 0.543. The number of methoxy groups -OCH3 is 1. The minimum Gasteiger partial charge on any atom is -0.497 e. The van der Waals surface area contributed by atoms with Crippen molar-refractivity contribution in [2.75, 3.05) is 13.7 Å². The van der Waals surface area contributed by atoms with Crippen LogP contribution in [0.15, 0.2) is 52.3 Å². The molecule has 2 aliphatic heterocycles. The van der Waals surface area contributed by atoms with Gasteiger partial charge in [0.2, 0.25) is 11.8 Å². The van der Waals surface area contributed by atoms with Crippen molar-refractivity contribution in [3.8, 4) is 17.1 Å². The van der Waals surface area contributed by atoms with Crippen molar-refractivity contribution in [2.24, 2.45) is 11.1 Å². The van der Waals surface area contributed by atoms with Crippen LogP contribution in [0, 0.1) is 5.92 Å². The molecule has 0 bridgehead atoms. The van der Waals surface area contributed by atoms with E-state index >= 15 is 0 Å². The van der Waals surface area contributed by atoms with Crippen LogP contribution in [0.4, 0.5) is 4.79 Å². The molecule has 0 spiro atoms. The first kappa shape index (κ1) is 34.0. The lowest BCUT2D eigenvalue weighted by molar-refractivity contribution is -0.145. The van der Waals surface area contributed by atoms with E-state index < -0.39 is 47.6 Å². The van der Waals surface area contributed by atoms with Gasteiger partial charge in [0.25, 0.3) is 0 Å². The summed E-state index contributed by atoms with van der Waals surface area (Å²) in [7, 11) is 1.55. The molecule has 1 unspecified atom stereocenters. The number of aromatic nitrogens is 1. The molecule has 262 valence electrons. The van der Waals surface area contributed by atoms with Gasteiger partial charge in [-0.1, -0.05) is 35.3 Å². The highest BCUT2D eigenvalue weighted by molar-refractivity contribution is 5.96. The Bertz CT molecular complexity index is 1570. The van der Waals surface area contributed by atoms with Gasteiger partial charge in [0.05, 0.1) is 26.1 Å². The van der Waals surface area contributed by atoms with Gasteiger partial charge < -0.3 is 39.5 Å². The molecule has 2 aliphatic carbocycles. The molecule has 14 heteroatoms. The van der Waals surface area contributed by atoms with E-state index in [0.29, 0.717) is 35.5 Å². The van der Waals surface area contributed by atoms with Gasteiger partial charge in [-0.05, 0) is 69.6 Å². The standard InChI is InChI=1S/C35H43N5O9/c1-46-25-13-14-27(30-15-16-36-49-30)22(17-25)20-37-48-26-18-29-31(41)39-35(33(43)44)19-23(35)9-5-3-2-4-6-12-28(32(42)40(29)21-26)38-34(45)47-24-10-7-8-11-24/h5,9,13-17,20,23-24,26,28-29H,2-4,6-8,10-12,18-19,21H2,1H3,(H,38,45)(H,39,41)(H,43,44)/b9-5-,37-20+/t23-,26-,28+,29+,35?/m1/s1. The molecule has 3 amide bonds. The molecule has 3 heterocycles. The molecule has 3 fully saturated rings. The largest absolute Gasteiger partial charge is 0.497 e. The lowest BCUT2D eigenvalue weighted by atomic mass is 10.0. The van der Waals surface area contributed by atoms with Gasteiger partial charge >= 0.3 is 12.1 Å². The van der Waals surface area contributed by atoms with E-state index in [1.165, 1.54) is 17.3 Å². The lowest BCUT2D eigenvalue weighted by Gasteiger charge is -2.29. The molecule has 1 aromatic heterocycles. The summed E-state index contributed by atoms with van der Waals surface area (Å²) >= 11 is 0. The van der Waals surface area contributed by atoms with Crippen LogP contribution in [0.1, 0.15) is 76.2 Å². The van der Waals surface area contributed by atoms with E-state index in [1.807, 2.05) is 12.2 Å². The number of carboxylic acids is 1. The zero-order valence-electron chi connectivity index (χ0n) is 27.5. The van der Waals surface area contributed by atoms with Crippen LogP contribution in [-0.2, 0) is 24.0 Å². The molecular weight excluding hydrogens is 634 g/mol. The summed E-state index contributed by atoms with van der Waals surface area (Å²) in [5.41, 5.74) is -0.116. The third-order valence-electron chi connectivity index (χ3n) is 9.85. The Hall–Kier alpha value is -4.88. The molecule has 49 heavy (non-hydrogen) atoms. The Balaban J connectivity index is 1.23. The number of ether oxygens (including phenoxy) is 2. The van der Waals surface area contributed by atoms with Crippen molar-refractivity contribution < 1.29 is 43.1 Å². The topological polar surface area (TPSA) is 182 Å². The number of hydrogen-bond donors (Lipinski definition) is 3. The van der Waals surface area contributed by atoms with E-state index in [4.69, 9.17) is 18.8 Å². The molecule has 4 aliphatic rings. The highest BCUT2D eigenvalue weighted by atomic mass is 16.6. The zero-order chi connectivity index (χ0) is 34.4. The van der Waals surface area contributed by atoms with Crippen molar-refractivity contribution in [3.63, 3.8) is 0 Å². The Morgan fingerprint density at radius 2 is 1.94 bits per heavy atom. The minimum atomic E-state index is -1.44. The molecule has 2 saturated carbocycles. The summed E-state index contributed by atoms with van der Waals surface area (Å²) in [6.45, 7) is 0.000583. The second-order valence-electron chi connectivity index (χ2n) is 13.2. The predicted octanol–water partition coefficient (Wildman–Crippen LogP) is 4.19. The maximum Gasteiger partial charge on any atom is 0.408 e. The SMILES string of the molecule is COc1ccc(-c2ccno2)c(/C=N/O[C@@H]2C[C@H]3C(=O)NC4(C(=O)O)C[C@H]4/C=C\CCCCC[C@H](NC(=O)OC4CCCC4)C(=O)N3C2)c1. The van der Waals surface area contributed by atoms with Crippen molar-refractivity contribution in [2.45, 2.75) is 100 Å². The number of allylic oxidation sites excluding steroid dienone is 1. The number of carbonyl (C=O) groups excluding carboxylic acids is 3. The van der Waals surface area contributed by atoms with Gasteiger partial charge in [-0.25, -0.2) is 9.59 Å². The van der Waals surface area contributed by atoms with Gasteiger partial charge in [-0.15, -0.1) is 0 Å². The van der Waals surface area contributed by atoms with Crippen molar-refractivity contribution in [3.05, 3.63) is 48.2 Å². The van der Waals surface area contributed by atoms with Crippen LogP contribution in [0.2, 0.25) is 0 Å². The molecule has 1 aromatic carbocycles. The van der Waals surface area contributed by atoms with Crippen LogP contribution in [0.3, 0.4) is 0 Å². The molecule has 2 aromatic rings. The third kappa shape index (κ3) is 7.89. The quantitative estimate of drug-likeness (QED) is 0.208. The van der Waals surface area contributed by atoms with E-state index in [1.54, 1.807) is 31.4 Å². The Morgan fingerprint density at radius 3 is 2.69 bits per heavy atom. The number of alkyl carbamates (subject to hydrolysis) is 1. The average Bonchev–Trinajstić information content (AvgIpc) is 3.59. The number of hydrogen-bond acceptors (Lipinski definition) is 10. The number of rotatable bonds is 8. The number of nitrogens with zero attached hydrogens (tertiary/aromatic N) is 3. The first-order valence-electron chi connectivity index (χ1n) is 17.1. The fourth-order valence-corrected chi connectivity index (χ4v) is 7.00. The first-order valence-corrected chi connectivity index (χ1v) is 17.1. The number of carbonyl (C=O) groups is 4. The van der Waals surface area contributed by atoms with E-state index in [0.717, 1.165) is 44.9 Å². The summed E-state index contributed by atoms with van der Waals surface area (Å²) in [5.74, 6) is -1.41. The van der Waals surface area contributed by atoms with Crippen molar-refractivity contribution in [1.82, 2.24) is 20.7 Å². The zero-order valence-corrected chi connectivity index (χ0v) is 27.5. The smallest absolute Gasteiger partial charge is 0.408 e. The van der Waals surface area contributed by atoms with Crippen LogP contribution in [0.5, 0.6) is 5.75 Å². The van der Waals surface area contributed by atoms with Gasteiger partial charge in [0.15, 0.2) is 5.76 Å². The number of benzene rings is 1. The number of carboxylic acid groups (broad SMARTS) is 1. The summed E-state index contributed by atoms with van der Waals surface area (Å²) in [4.78, 5) is 60.6. The highest BCUT2D eigenvalue weighted by Gasteiger charge is 2.61. The van der Waals surface area contributed by atoms with E-state index in [-0.39, 0.29) is 31.4 Å². The van der Waals surface area contributed by atoms with Crippen LogP contribution in [-0.4, -0.2) is 88.7 Å². The lowest BCUT2D eigenvalue weighted by Crippen LogP contribution is -2.56. The van der Waals surface area contributed by atoms with Crippen molar-refractivity contribution in [1.29, 1.82) is 0 Å². The number of oxime groups is 1. The summed E-state index contributed by atoms with van der Waals surface area (Å²) in [6.07, 6.45) is 12.6.